The van der Waals surface area contributed by atoms with E-state index in [-0.39, 0.29) is 0 Å². The van der Waals surface area contributed by atoms with Gasteiger partial charge >= 0.3 is 5.97 Å². The monoisotopic (exact) mass is 195 g/mol. The van der Waals surface area contributed by atoms with Crippen LogP contribution in [-0.2, 0) is 17.8 Å². The number of nitrogens with zero attached hydrogens (tertiary/aromatic N) is 3. The van der Waals surface area contributed by atoms with Crippen molar-refractivity contribution in [3.05, 3.63) is 11.4 Å². The third-order valence-electron chi connectivity index (χ3n) is 2.57. The molecule has 5 nitrogen and oxygen atoms in total. The average Bonchev–Trinajstić information content (AvgIpc) is 2.59. The van der Waals surface area contributed by atoms with Gasteiger partial charge in [0.2, 0.25) is 0 Å². The third kappa shape index (κ3) is 1.38. The van der Waals surface area contributed by atoms with Crippen LogP contribution in [0.3, 0.4) is 0 Å². The molecule has 1 N–H and O–H groups in total. The van der Waals surface area contributed by atoms with Crippen molar-refractivity contribution >= 4 is 5.97 Å². The summed E-state index contributed by atoms with van der Waals surface area (Å²) in [5.41, 5.74) is 1.54. The molecule has 0 amide bonds. The quantitative estimate of drug-likeness (QED) is 0.758. The molecule has 0 aliphatic heterocycles. The molecule has 1 atom stereocenters. The lowest BCUT2D eigenvalue weighted by Crippen LogP contribution is -2.18. The van der Waals surface area contributed by atoms with Crippen molar-refractivity contribution in [2.24, 2.45) is 0 Å². The first-order valence-corrected chi connectivity index (χ1v) is 4.89. The van der Waals surface area contributed by atoms with Gasteiger partial charge in [-0.25, -0.2) is 0 Å². The number of hydrogen-bond acceptors (Lipinski definition) is 3. The topological polar surface area (TPSA) is 68.0 Å². The summed E-state index contributed by atoms with van der Waals surface area (Å²) in [4.78, 5) is 12.5. The van der Waals surface area contributed by atoms with Gasteiger partial charge in [0.15, 0.2) is 0 Å². The molecule has 76 valence electrons. The summed E-state index contributed by atoms with van der Waals surface area (Å²) in [6, 6.07) is 0. The van der Waals surface area contributed by atoms with Gasteiger partial charge in [0.05, 0.1) is 12.2 Å². The standard InChI is InChI=1S/C9H13N3O2/c1-2-12-10-7-5-3-4-6(9(13)14)8(7)11-12/h6H,2-5H2,1H3,(H,13,14). The van der Waals surface area contributed by atoms with E-state index in [0.717, 1.165) is 18.5 Å². The summed E-state index contributed by atoms with van der Waals surface area (Å²) in [7, 11) is 0. The lowest BCUT2D eigenvalue weighted by atomic mass is 9.90. The average molecular weight is 195 g/mol. The van der Waals surface area contributed by atoms with Crippen LogP contribution in [0.5, 0.6) is 0 Å². The van der Waals surface area contributed by atoms with Crippen LogP contribution in [0.4, 0.5) is 0 Å². The Balaban J connectivity index is 2.38. The molecule has 14 heavy (non-hydrogen) atoms. The van der Waals surface area contributed by atoms with Gasteiger partial charge in [-0.1, -0.05) is 0 Å². The minimum atomic E-state index is -0.783. The van der Waals surface area contributed by atoms with E-state index in [2.05, 4.69) is 10.2 Å². The summed E-state index contributed by atoms with van der Waals surface area (Å²) in [5, 5.41) is 17.4. The fourth-order valence-corrected chi connectivity index (χ4v) is 1.84. The van der Waals surface area contributed by atoms with Crippen LogP contribution < -0.4 is 0 Å². The largest absolute Gasteiger partial charge is 0.481 e. The fourth-order valence-electron chi connectivity index (χ4n) is 1.84. The van der Waals surface area contributed by atoms with E-state index in [9.17, 15) is 4.79 Å². The predicted molar refractivity (Wildman–Crippen MR) is 49.0 cm³/mol. The normalized spacial score (nSPS) is 20.5. The number of hydrogen-bond donors (Lipinski definition) is 1. The maximum atomic E-state index is 10.9. The van der Waals surface area contributed by atoms with Crippen molar-refractivity contribution in [2.45, 2.75) is 38.6 Å². The van der Waals surface area contributed by atoms with Gasteiger partial charge in [-0.3, -0.25) is 4.79 Å². The zero-order valence-corrected chi connectivity index (χ0v) is 8.10. The Labute approximate surface area is 81.7 Å². The van der Waals surface area contributed by atoms with Crippen LogP contribution in [0.1, 0.15) is 37.1 Å². The van der Waals surface area contributed by atoms with Crippen molar-refractivity contribution in [1.82, 2.24) is 15.0 Å². The van der Waals surface area contributed by atoms with E-state index in [0.29, 0.717) is 18.7 Å². The molecule has 2 rings (SSSR count). The lowest BCUT2D eigenvalue weighted by molar-refractivity contribution is -0.139. The van der Waals surface area contributed by atoms with Crippen LogP contribution in [0, 0.1) is 0 Å². The summed E-state index contributed by atoms with van der Waals surface area (Å²) < 4.78 is 0. The number of carbonyl (C=O) groups is 1. The molecule has 1 aromatic heterocycles. The number of rotatable bonds is 2. The highest BCUT2D eigenvalue weighted by Crippen LogP contribution is 2.28. The number of aromatic nitrogens is 3. The van der Waals surface area contributed by atoms with Crippen molar-refractivity contribution in [3.63, 3.8) is 0 Å². The molecule has 0 saturated heterocycles. The highest BCUT2D eigenvalue weighted by molar-refractivity contribution is 5.76. The summed E-state index contributed by atoms with van der Waals surface area (Å²) in [6.07, 6.45) is 2.44. The van der Waals surface area contributed by atoms with Crippen LogP contribution in [-0.4, -0.2) is 26.1 Å². The second-order valence-corrected chi connectivity index (χ2v) is 3.50. The van der Waals surface area contributed by atoms with E-state index in [1.54, 1.807) is 4.80 Å². The van der Waals surface area contributed by atoms with Gasteiger partial charge in [0.1, 0.15) is 11.6 Å². The molecule has 1 aromatic rings. The maximum absolute atomic E-state index is 10.9. The van der Waals surface area contributed by atoms with Crippen LogP contribution in [0.15, 0.2) is 0 Å². The van der Waals surface area contributed by atoms with E-state index >= 15 is 0 Å². The molecule has 1 unspecified atom stereocenters. The lowest BCUT2D eigenvalue weighted by Gasteiger charge is -2.14. The molecule has 1 heterocycles. The fraction of sp³-hybridized carbons (Fsp3) is 0.667. The molecule has 0 aromatic carbocycles. The second kappa shape index (κ2) is 3.40. The third-order valence-corrected chi connectivity index (χ3v) is 2.57. The van der Waals surface area contributed by atoms with Crippen LogP contribution in [0.2, 0.25) is 0 Å². The van der Waals surface area contributed by atoms with Gasteiger partial charge in [-0.15, -0.1) is 0 Å². The molecule has 1 aliphatic rings. The van der Waals surface area contributed by atoms with Gasteiger partial charge in [0.25, 0.3) is 0 Å². The molecule has 0 radical (unpaired) electrons. The Morgan fingerprint density at radius 2 is 2.43 bits per heavy atom. The number of fused-ring (bicyclic) bond motifs is 1. The van der Waals surface area contributed by atoms with Gasteiger partial charge in [-0.05, 0) is 26.2 Å². The molecule has 1 aliphatic carbocycles. The maximum Gasteiger partial charge on any atom is 0.312 e. The molecule has 0 saturated carbocycles. The summed E-state index contributed by atoms with van der Waals surface area (Å²) >= 11 is 0. The van der Waals surface area contributed by atoms with Gasteiger partial charge < -0.3 is 5.11 Å². The first kappa shape index (κ1) is 9.18. The molecule has 0 bridgehead atoms. The van der Waals surface area contributed by atoms with Crippen molar-refractivity contribution in [1.29, 1.82) is 0 Å². The molecule has 0 spiro atoms. The van der Waals surface area contributed by atoms with E-state index in [4.69, 9.17) is 5.11 Å². The molecule has 5 heteroatoms. The Kier molecular flexibility index (Phi) is 2.23. The smallest absolute Gasteiger partial charge is 0.312 e. The first-order valence-electron chi connectivity index (χ1n) is 4.89. The Morgan fingerprint density at radius 1 is 1.64 bits per heavy atom. The summed E-state index contributed by atoms with van der Waals surface area (Å²) in [6.45, 7) is 2.64. The minimum Gasteiger partial charge on any atom is -0.481 e. The van der Waals surface area contributed by atoms with Crippen molar-refractivity contribution in [3.8, 4) is 0 Å². The molecular formula is C9H13N3O2. The second-order valence-electron chi connectivity index (χ2n) is 3.50. The molecule has 0 fully saturated rings. The number of aliphatic carboxylic acids is 1. The number of carboxylic acid groups (broad SMARTS) is 1. The van der Waals surface area contributed by atoms with E-state index in [1.165, 1.54) is 0 Å². The zero-order chi connectivity index (χ0) is 10.1. The van der Waals surface area contributed by atoms with E-state index in [1.807, 2.05) is 6.92 Å². The SMILES string of the molecule is CCn1nc2c(n1)C(C(=O)O)CCC2. The number of aryl methyl sites for hydroxylation is 2. The summed E-state index contributed by atoms with van der Waals surface area (Å²) in [5.74, 6) is -1.23. The van der Waals surface area contributed by atoms with Crippen LogP contribution in [0.25, 0.3) is 0 Å². The van der Waals surface area contributed by atoms with Gasteiger partial charge in [0, 0.05) is 0 Å². The Morgan fingerprint density at radius 3 is 3.07 bits per heavy atom. The van der Waals surface area contributed by atoms with Crippen LogP contribution >= 0.6 is 0 Å². The van der Waals surface area contributed by atoms with Crippen molar-refractivity contribution < 1.29 is 9.90 Å². The predicted octanol–water partition coefficient (Wildman–Crippen LogP) is 0.802. The number of carboxylic acids is 1. The minimum absolute atomic E-state index is 0.445. The Hall–Kier alpha value is -1.39. The highest BCUT2D eigenvalue weighted by Gasteiger charge is 2.30. The highest BCUT2D eigenvalue weighted by atomic mass is 16.4. The first-order chi connectivity index (χ1) is 6.72. The van der Waals surface area contributed by atoms with E-state index < -0.39 is 11.9 Å². The zero-order valence-electron chi connectivity index (χ0n) is 8.10. The van der Waals surface area contributed by atoms with Crippen molar-refractivity contribution in [2.75, 3.05) is 0 Å². The Bertz CT molecular complexity index is 359. The van der Waals surface area contributed by atoms with Gasteiger partial charge in [-0.2, -0.15) is 15.0 Å². The molecular weight excluding hydrogens is 182 g/mol.